The van der Waals surface area contributed by atoms with Crippen LogP contribution in [0, 0.1) is 0 Å². The van der Waals surface area contributed by atoms with Crippen molar-refractivity contribution in [3.05, 3.63) is 23.8 Å². The summed E-state index contributed by atoms with van der Waals surface area (Å²) in [5.74, 6) is 2.56. The zero-order valence-corrected chi connectivity index (χ0v) is 23.1. The van der Waals surface area contributed by atoms with Crippen LogP contribution < -0.4 is 20.1 Å². The Morgan fingerprint density at radius 2 is 1.73 bits per heavy atom. The van der Waals surface area contributed by atoms with Gasteiger partial charge in [-0.25, -0.2) is 0 Å². The molecule has 8 nitrogen and oxygen atoms in total. The van der Waals surface area contributed by atoms with Crippen LogP contribution in [0.2, 0.25) is 0 Å². The van der Waals surface area contributed by atoms with Gasteiger partial charge < -0.3 is 24.8 Å². The lowest BCUT2D eigenvalue weighted by molar-refractivity contribution is -0.0679. The van der Waals surface area contributed by atoms with Crippen molar-refractivity contribution in [2.45, 2.75) is 51.5 Å². The van der Waals surface area contributed by atoms with Crippen LogP contribution in [0.4, 0.5) is 0 Å². The normalized spacial score (nSPS) is 24.3. The molecule has 2 saturated heterocycles. The van der Waals surface area contributed by atoms with Crippen molar-refractivity contribution in [3.63, 3.8) is 0 Å². The molecule has 0 amide bonds. The summed E-state index contributed by atoms with van der Waals surface area (Å²) in [5.41, 5.74) is 1.20. The third kappa shape index (κ3) is 9.11. The third-order valence-electron chi connectivity index (χ3n) is 6.09. The van der Waals surface area contributed by atoms with Crippen molar-refractivity contribution in [2.75, 3.05) is 60.5 Å². The second-order valence-electron chi connectivity index (χ2n) is 8.96. The van der Waals surface area contributed by atoms with Crippen molar-refractivity contribution in [1.82, 2.24) is 20.4 Å². The van der Waals surface area contributed by atoms with E-state index in [1.54, 1.807) is 14.2 Å². The summed E-state index contributed by atoms with van der Waals surface area (Å²) in [6, 6.07) is 6.47. The van der Waals surface area contributed by atoms with Gasteiger partial charge in [-0.1, -0.05) is 0 Å². The number of rotatable bonds is 9. The smallest absolute Gasteiger partial charge is 0.191 e. The molecule has 3 unspecified atom stereocenters. The minimum absolute atomic E-state index is 0. The molecule has 2 fully saturated rings. The minimum atomic E-state index is 0. The first-order valence-corrected chi connectivity index (χ1v) is 11.8. The van der Waals surface area contributed by atoms with Crippen LogP contribution >= 0.6 is 24.0 Å². The molecular weight excluding hydrogens is 533 g/mol. The summed E-state index contributed by atoms with van der Waals surface area (Å²) in [5, 5.41) is 7.08. The lowest BCUT2D eigenvalue weighted by atomic mass is 10.2. The standard InChI is InChI=1S/C24H41N5O3.HI/c1-18-14-28(15-19(2)32-18)9-6-8-26-24(25-3)27-21-7-10-29(17-21)16-20-11-22(30-4)13-23(12-20)31-5;/h11-13,18-19,21H,6-10,14-17H2,1-5H3,(H2,25,26,27);1H. The number of morpholine rings is 1. The van der Waals surface area contributed by atoms with Crippen molar-refractivity contribution >= 4 is 29.9 Å². The number of methoxy groups -OCH3 is 2. The van der Waals surface area contributed by atoms with Crippen molar-refractivity contribution < 1.29 is 14.2 Å². The first-order chi connectivity index (χ1) is 15.5. The van der Waals surface area contributed by atoms with Gasteiger partial charge in [-0.15, -0.1) is 24.0 Å². The molecule has 33 heavy (non-hydrogen) atoms. The maximum atomic E-state index is 5.82. The number of likely N-dealkylation sites (tertiary alicyclic amines) is 1. The van der Waals surface area contributed by atoms with Crippen LogP contribution in [0.5, 0.6) is 11.5 Å². The maximum Gasteiger partial charge on any atom is 0.191 e. The number of benzene rings is 1. The highest BCUT2D eigenvalue weighted by Gasteiger charge is 2.24. The van der Waals surface area contributed by atoms with Gasteiger partial charge in [-0.3, -0.25) is 14.8 Å². The molecule has 2 aliphatic heterocycles. The lowest BCUT2D eigenvalue weighted by Gasteiger charge is -2.35. The Kier molecular flexibility index (Phi) is 12.0. The summed E-state index contributed by atoms with van der Waals surface area (Å²) in [6.07, 6.45) is 2.84. The monoisotopic (exact) mass is 575 g/mol. The summed E-state index contributed by atoms with van der Waals surface area (Å²) in [6.45, 7) is 11.3. The summed E-state index contributed by atoms with van der Waals surface area (Å²) >= 11 is 0. The van der Waals surface area contributed by atoms with Gasteiger partial charge in [-0.2, -0.15) is 0 Å². The van der Waals surface area contributed by atoms with E-state index < -0.39 is 0 Å². The van der Waals surface area contributed by atoms with E-state index >= 15 is 0 Å². The van der Waals surface area contributed by atoms with Gasteiger partial charge in [0.15, 0.2) is 5.96 Å². The van der Waals surface area contributed by atoms with E-state index in [4.69, 9.17) is 14.2 Å². The lowest BCUT2D eigenvalue weighted by Crippen LogP contribution is -2.47. The van der Waals surface area contributed by atoms with E-state index in [1.165, 1.54) is 5.56 Å². The number of guanidine groups is 1. The van der Waals surface area contributed by atoms with E-state index in [0.29, 0.717) is 18.2 Å². The number of aliphatic imine (C=N–C) groups is 1. The fourth-order valence-corrected chi connectivity index (χ4v) is 4.67. The largest absolute Gasteiger partial charge is 0.497 e. The average Bonchev–Trinajstić information content (AvgIpc) is 3.21. The Morgan fingerprint density at radius 3 is 2.33 bits per heavy atom. The fraction of sp³-hybridized carbons (Fsp3) is 0.708. The molecule has 2 aliphatic rings. The molecule has 2 N–H and O–H groups in total. The van der Waals surface area contributed by atoms with Gasteiger partial charge in [0.2, 0.25) is 0 Å². The zero-order chi connectivity index (χ0) is 22.9. The van der Waals surface area contributed by atoms with Crippen molar-refractivity contribution in [2.24, 2.45) is 4.99 Å². The number of ether oxygens (including phenoxy) is 3. The predicted molar refractivity (Wildman–Crippen MR) is 144 cm³/mol. The predicted octanol–water partition coefficient (Wildman–Crippen LogP) is 2.56. The Hall–Kier alpha value is -1.30. The summed E-state index contributed by atoms with van der Waals surface area (Å²) in [7, 11) is 5.22. The van der Waals surface area contributed by atoms with Gasteiger partial charge in [0, 0.05) is 65.0 Å². The minimum Gasteiger partial charge on any atom is -0.497 e. The first-order valence-electron chi connectivity index (χ1n) is 11.8. The Balaban J connectivity index is 0.00000385. The summed E-state index contributed by atoms with van der Waals surface area (Å²) < 4.78 is 16.6. The van der Waals surface area contributed by atoms with Crippen LogP contribution in [0.3, 0.4) is 0 Å². The van der Waals surface area contributed by atoms with Crippen LogP contribution in [-0.4, -0.2) is 94.5 Å². The number of hydrogen-bond donors (Lipinski definition) is 2. The van der Waals surface area contributed by atoms with Gasteiger partial charge in [0.1, 0.15) is 11.5 Å². The number of nitrogens with zero attached hydrogens (tertiary/aromatic N) is 3. The topological polar surface area (TPSA) is 70.6 Å². The van der Waals surface area contributed by atoms with Crippen LogP contribution in [0.25, 0.3) is 0 Å². The quantitative estimate of drug-likeness (QED) is 0.203. The van der Waals surface area contributed by atoms with Gasteiger partial charge in [0.25, 0.3) is 0 Å². The average molecular weight is 576 g/mol. The molecule has 3 rings (SSSR count). The van der Waals surface area contributed by atoms with Crippen molar-refractivity contribution in [1.29, 1.82) is 0 Å². The molecule has 9 heteroatoms. The molecule has 0 saturated carbocycles. The van der Waals surface area contributed by atoms with E-state index in [2.05, 4.69) is 51.4 Å². The molecule has 2 heterocycles. The van der Waals surface area contributed by atoms with Gasteiger partial charge in [-0.05, 0) is 44.4 Å². The summed E-state index contributed by atoms with van der Waals surface area (Å²) in [4.78, 5) is 9.38. The molecule has 0 aromatic heterocycles. The third-order valence-corrected chi connectivity index (χ3v) is 6.09. The second-order valence-corrected chi connectivity index (χ2v) is 8.96. The number of hydrogen-bond acceptors (Lipinski definition) is 6. The van der Waals surface area contributed by atoms with Crippen LogP contribution in [0.1, 0.15) is 32.3 Å². The number of halogens is 1. The van der Waals surface area contributed by atoms with Crippen LogP contribution in [-0.2, 0) is 11.3 Å². The van der Waals surface area contributed by atoms with Gasteiger partial charge in [0.05, 0.1) is 26.4 Å². The molecule has 1 aromatic carbocycles. The zero-order valence-electron chi connectivity index (χ0n) is 20.8. The van der Waals surface area contributed by atoms with Gasteiger partial charge >= 0.3 is 0 Å². The SMILES string of the molecule is CN=C(NCCCN1CC(C)OC(C)C1)NC1CCN(Cc2cc(OC)cc(OC)c2)C1.I. The molecule has 0 radical (unpaired) electrons. The maximum absolute atomic E-state index is 5.82. The second kappa shape index (κ2) is 14.2. The Bertz CT molecular complexity index is 719. The fourth-order valence-electron chi connectivity index (χ4n) is 4.67. The molecule has 0 bridgehead atoms. The highest BCUT2D eigenvalue weighted by atomic mass is 127. The molecule has 188 valence electrons. The Labute approximate surface area is 216 Å². The van der Waals surface area contributed by atoms with E-state index in [0.717, 1.165) is 76.1 Å². The highest BCUT2D eigenvalue weighted by Crippen LogP contribution is 2.24. The molecule has 0 aliphatic carbocycles. The molecule has 1 aromatic rings. The Morgan fingerprint density at radius 1 is 1.06 bits per heavy atom. The van der Waals surface area contributed by atoms with Crippen molar-refractivity contribution in [3.8, 4) is 11.5 Å². The number of nitrogens with one attached hydrogen (secondary N) is 2. The van der Waals surface area contributed by atoms with E-state index in [-0.39, 0.29) is 24.0 Å². The molecule has 3 atom stereocenters. The first kappa shape index (κ1) is 27.9. The highest BCUT2D eigenvalue weighted by molar-refractivity contribution is 14.0. The molecular formula is C24H42IN5O3. The van der Waals surface area contributed by atoms with Crippen LogP contribution in [0.15, 0.2) is 23.2 Å². The van der Waals surface area contributed by atoms with E-state index in [9.17, 15) is 0 Å². The molecule has 0 spiro atoms. The van der Waals surface area contributed by atoms with E-state index in [1.807, 2.05) is 13.1 Å².